The van der Waals surface area contributed by atoms with Crippen molar-refractivity contribution in [3.05, 3.63) is 57.8 Å². The average molecular weight is 359 g/mol. The van der Waals surface area contributed by atoms with Crippen molar-refractivity contribution >= 4 is 23.2 Å². The fourth-order valence-electron chi connectivity index (χ4n) is 2.72. The Labute approximate surface area is 142 Å². The number of nitrogens with one attached hydrogen (secondary N) is 1. The molecule has 3 nitrogen and oxygen atoms in total. The first kappa shape index (κ1) is 16.4. The lowest BCUT2D eigenvalue weighted by atomic mass is 9.96. The van der Waals surface area contributed by atoms with Crippen LogP contribution in [0.15, 0.2) is 30.6 Å². The molecular formula is C16H14Cl2F2N2O. The van der Waals surface area contributed by atoms with Crippen LogP contribution < -0.4 is 10.1 Å². The van der Waals surface area contributed by atoms with Crippen molar-refractivity contribution in [2.75, 3.05) is 13.1 Å². The number of nitrogens with zero attached hydrogens (tertiary/aromatic N) is 1. The molecule has 23 heavy (non-hydrogen) atoms. The van der Waals surface area contributed by atoms with Crippen LogP contribution in [0.5, 0.6) is 5.75 Å². The first-order valence-corrected chi connectivity index (χ1v) is 7.92. The molecule has 1 fully saturated rings. The van der Waals surface area contributed by atoms with Gasteiger partial charge in [-0.05, 0) is 31.2 Å². The van der Waals surface area contributed by atoms with E-state index in [2.05, 4.69) is 10.3 Å². The van der Waals surface area contributed by atoms with Crippen LogP contribution in [0.3, 0.4) is 0 Å². The minimum absolute atomic E-state index is 0.0599. The molecule has 1 aromatic heterocycles. The highest BCUT2D eigenvalue weighted by Crippen LogP contribution is 2.38. The molecule has 7 heteroatoms. The van der Waals surface area contributed by atoms with Gasteiger partial charge in [0, 0.05) is 29.2 Å². The van der Waals surface area contributed by atoms with Crippen molar-refractivity contribution in [2.45, 2.75) is 12.5 Å². The van der Waals surface area contributed by atoms with Crippen molar-refractivity contribution < 1.29 is 13.5 Å². The van der Waals surface area contributed by atoms with Gasteiger partial charge in [-0.3, -0.25) is 4.98 Å². The van der Waals surface area contributed by atoms with Gasteiger partial charge in [0.15, 0.2) is 11.6 Å². The molecule has 1 saturated heterocycles. The van der Waals surface area contributed by atoms with Crippen molar-refractivity contribution in [3.63, 3.8) is 0 Å². The van der Waals surface area contributed by atoms with Gasteiger partial charge in [0.2, 0.25) is 0 Å². The van der Waals surface area contributed by atoms with Gasteiger partial charge >= 0.3 is 0 Å². The molecule has 2 heterocycles. The molecule has 0 saturated carbocycles. The van der Waals surface area contributed by atoms with E-state index in [0.29, 0.717) is 12.1 Å². The Morgan fingerprint density at radius 3 is 2.70 bits per heavy atom. The lowest BCUT2D eigenvalue weighted by Crippen LogP contribution is -2.22. The van der Waals surface area contributed by atoms with Crippen LogP contribution in [0.1, 0.15) is 18.1 Å². The Hall–Kier alpha value is -1.43. The maximum absolute atomic E-state index is 14.2. The summed E-state index contributed by atoms with van der Waals surface area (Å²) < 4.78 is 33.5. The summed E-state index contributed by atoms with van der Waals surface area (Å²) in [5.74, 6) is -1.14. The van der Waals surface area contributed by atoms with Crippen LogP contribution >= 0.6 is 23.2 Å². The Morgan fingerprint density at radius 1 is 1.22 bits per heavy atom. The maximum atomic E-state index is 14.2. The van der Waals surface area contributed by atoms with Crippen LogP contribution in [-0.4, -0.2) is 18.1 Å². The fraction of sp³-hybridized carbons (Fsp3) is 0.312. The zero-order valence-electron chi connectivity index (χ0n) is 12.0. The second kappa shape index (κ2) is 6.99. The second-order valence-electron chi connectivity index (χ2n) is 5.43. The zero-order chi connectivity index (χ0) is 16.4. The summed E-state index contributed by atoms with van der Waals surface area (Å²) in [5.41, 5.74) is 0.545. The summed E-state index contributed by atoms with van der Waals surface area (Å²) in [6.07, 6.45) is 2.91. The Kier molecular flexibility index (Phi) is 4.99. The number of hydrogen-bond donors (Lipinski definition) is 1. The monoisotopic (exact) mass is 358 g/mol. The number of ether oxygens (including phenoxy) is 1. The standard InChI is InChI=1S/C16H14Cl2F2N2O/c17-11-4-13(18)16(14(20)5-11)23-15(9-1-2-21-6-9)10-3-12(19)8-22-7-10/h3-5,7-9,15,21H,1-2,6H2/t9?,15-/m0/s1. The summed E-state index contributed by atoms with van der Waals surface area (Å²) >= 11 is 11.8. The highest BCUT2D eigenvalue weighted by atomic mass is 35.5. The lowest BCUT2D eigenvalue weighted by molar-refractivity contribution is 0.137. The molecule has 1 aromatic carbocycles. The predicted octanol–water partition coefficient (Wildman–Crippen LogP) is 4.40. The van der Waals surface area contributed by atoms with Crippen LogP contribution in [-0.2, 0) is 0 Å². The quantitative estimate of drug-likeness (QED) is 0.879. The SMILES string of the molecule is Fc1cncc([C@@H](Oc2c(F)cc(Cl)cc2Cl)C2CCNC2)c1. The molecule has 0 radical (unpaired) electrons. The van der Waals surface area contributed by atoms with Crippen molar-refractivity contribution in [3.8, 4) is 5.75 Å². The van der Waals surface area contributed by atoms with Gasteiger partial charge < -0.3 is 10.1 Å². The number of halogens is 4. The van der Waals surface area contributed by atoms with E-state index in [9.17, 15) is 8.78 Å². The largest absolute Gasteiger partial charge is 0.481 e. The summed E-state index contributed by atoms with van der Waals surface area (Å²) in [6, 6.07) is 3.89. The van der Waals surface area contributed by atoms with Crippen LogP contribution in [0.4, 0.5) is 8.78 Å². The topological polar surface area (TPSA) is 34.1 Å². The average Bonchev–Trinajstić information content (AvgIpc) is 3.00. The van der Waals surface area contributed by atoms with E-state index in [1.807, 2.05) is 0 Å². The highest BCUT2D eigenvalue weighted by Gasteiger charge is 2.30. The molecule has 1 N–H and O–H groups in total. The second-order valence-corrected chi connectivity index (χ2v) is 6.27. The maximum Gasteiger partial charge on any atom is 0.174 e. The Balaban J connectivity index is 1.96. The molecule has 1 aliphatic heterocycles. The van der Waals surface area contributed by atoms with E-state index in [1.165, 1.54) is 18.3 Å². The van der Waals surface area contributed by atoms with Gasteiger partial charge in [0.1, 0.15) is 11.9 Å². The molecule has 1 unspecified atom stereocenters. The Morgan fingerprint density at radius 2 is 2.04 bits per heavy atom. The lowest BCUT2D eigenvalue weighted by Gasteiger charge is -2.25. The Bertz CT molecular complexity index is 685. The van der Waals surface area contributed by atoms with E-state index >= 15 is 0 Å². The van der Waals surface area contributed by atoms with Gasteiger partial charge in [-0.1, -0.05) is 23.2 Å². The molecule has 122 valence electrons. The van der Waals surface area contributed by atoms with E-state index in [-0.39, 0.29) is 21.7 Å². The number of hydrogen-bond acceptors (Lipinski definition) is 3. The van der Waals surface area contributed by atoms with E-state index in [0.717, 1.165) is 25.2 Å². The smallest absolute Gasteiger partial charge is 0.174 e. The summed E-state index contributed by atoms with van der Waals surface area (Å²) in [5, 5.41) is 3.48. The van der Waals surface area contributed by atoms with Crippen LogP contribution in [0, 0.1) is 17.6 Å². The van der Waals surface area contributed by atoms with Gasteiger partial charge in [-0.2, -0.15) is 0 Å². The molecule has 0 bridgehead atoms. The molecular weight excluding hydrogens is 345 g/mol. The zero-order valence-corrected chi connectivity index (χ0v) is 13.5. The minimum atomic E-state index is -0.650. The fourth-order valence-corrected chi connectivity index (χ4v) is 3.24. The summed E-state index contributed by atoms with van der Waals surface area (Å²) in [4.78, 5) is 3.85. The molecule has 2 aromatic rings. The van der Waals surface area contributed by atoms with Gasteiger partial charge in [0.25, 0.3) is 0 Å². The third-order valence-electron chi connectivity index (χ3n) is 3.79. The number of pyridine rings is 1. The van der Waals surface area contributed by atoms with Crippen molar-refractivity contribution in [1.82, 2.24) is 10.3 Å². The third kappa shape index (κ3) is 3.74. The highest BCUT2D eigenvalue weighted by molar-refractivity contribution is 6.35. The van der Waals surface area contributed by atoms with Gasteiger partial charge in [-0.25, -0.2) is 8.78 Å². The molecule has 0 aliphatic carbocycles. The number of benzene rings is 1. The van der Waals surface area contributed by atoms with Gasteiger partial charge in [-0.15, -0.1) is 0 Å². The minimum Gasteiger partial charge on any atom is -0.481 e. The first-order chi connectivity index (χ1) is 11.0. The first-order valence-electron chi connectivity index (χ1n) is 7.17. The van der Waals surface area contributed by atoms with Crippen LogP contribution in [0.25, 0.3) is 0 Å². The summed E-state index contributed by atoms with van der Waals surface area (Å²) in [6.45, 7) is 1.51. The van der Waals surface area contributed by atoms with E-state index < -0.39 is 17.7 Å². The van der Waals surface area contributed by atoms with Crippen LogP contribution in [0.2, 0.25) is 10.0 Å². The van der Waals surface area contributed by atoms with Crippen molar-refractivity contribution in [1.29, 1.82) is 0 Å². The molecule has 0 spiro atoms. The number of aromatic nitrogens is 1. The molecule has 0 amide bonds. The van der Waals surface area contributed by atoms with Gasteiger partial charge in [0.05, 0.1) is 11.2 Å². The van der Waals surface area contributed by atoms with Crippen molar-refractivity contribution in [2.24, 2.45) is 5.92 Å². The molecule has 2 atom stereocenters. The van der Waals surface area contributed by atoms with E-state index in [1.54, 1.807) is 0 Å². The third-order valence-corrected chi connectivity index (χ3v) is 4.29. The predicted molar refractivity (Wildman–Crippen MR) is 85.0 cm³/mol. The normalized spacial score (nSPS) is 18.9. The molecule has 3 rings (SSSR count). The number of rotatable bonds is 4. The van der Waals surface area contributed by atoms with E-state index in [4.69, 9.17) is 27.9 Å². The summed E-state index contributed by atoms with van der Waals surface area (Å²) in [7, 11) is 0. The molecule has 1 aliphatic rings.